The van der Waals surface area contributed by atoms with Gasteiger partial charge in [0.15, 0.2) is 0 Å². The molecule has 0 unspecified atom stereocenters. The van der Waals surface area contributed by atoms with Gasteiger partial charge in [-0.1, -0.05) is 17.7 Å². The van der Waals surface area contributed by atoms with E-state index >= 15 is 0 Å². The first-order chi connectivity index (χ1) is 6.72. The van der Waals surface area contributed by atoms with Crippen LogP contribution in [0.3, 0.4) is 0 Å². The van der Waals surface area contributed by atoms with E-state index in [9.17, 15) is 0 Å². The number of methoxy groups -OCH3 is 1. The monoisotopic (exact) mass is 187 g/mol. The number of nitrogens with zero attached hydrogens (tertiary/aromatic N) is 1. The number of allylic oxidation sites excluding steroid dienone is 2. The molecule has 0 aliphatic rings. The maximum Gasteiger partial charge on any atom is 0.127 e. The molecule has 0 N–H and O–H groups in total. The van der Waals surface area contributed by atoms with Crippen LogP contribution < -0.4 is 4.74 Å². The van der Waals surface area contributed by atoms with Crippen LogP contribution in [0.25, 0.3) is 5.57 Å². The fraction of sp³-hybridized carbons (Fsp3) is 0.250. The third kappa shape index (κ3) is 1.94. The highest BCUT2D eigenvalue weighted by molar-refractivity contribution is 5.80. The third-order valence-corrected chi connectivity index (χ3v) is 2.05. The van der Waals surface area contributed by atoms with Gasteiger partial charge in [-0.15, -0.1) is 0 Å². The summed E-state index contributed by atoms with van der Waals surface area (Å²) in [4.78, 5) is 0. The number of nitriles is 1. The van der Waals surface area contributed by atoms with Crippen LogP contribution in [0.4, 0.5) is 0 Å². The lowest BCUT2D eigenvalue weighted by molar-refractivity contribution is 0.413. The molecule has 14 heavy (non-hydrogen) atoms. The van der Waals surface area contributed by atoms with Gasteiger partial charge in [-0.25, -0.2) is 0 Å². The highest BCUT2D eigenvalue weighted by Crippen LogP contribution is 2.26. The van der Waals surface area contributed by atoms with Crippen molar-refractivity contribution in [1.82, 2.24) is 0 Å². The van der Waals surface area contributed by atoms with E-state index in [-0.39, 0.29) is 0 Å². The summed E-state index contributed by atoms with van der Waals surface area (Å²) in [5.41, 5.74) is 2.62. The van der Waals surface area contributed by atoms with Gasteiger partial charge in [0, 0.05) is 5.56 Å². The first-order valence-electron chi connectivity index (χ1n) is 4.44. The summed E-state index contributed by atoms with van der Waals surface area (Å²) in [6, 6.07) is 7.95. The molecule has 0 aromatic heterocycles. The van der Waals surface area contributed by atoms with E-state index in [0.717, 1.165) is 16.9 Å². The molecule has 0 heterocycles. The Morgan fingerprint density at radius 2 is 2.21 bits per heavy atom. The van der Waals surface area contributed by atoms with Crippen molar-refractivity contribution in [3.05, 3.63) is 35.4 Å². The number of hydrogen-bond acceptors (Lipinski definition) is 2. The van der Waals surface area contributed by atoms with Crippen LogP contribution in [0.1, 0.15) is 18.1 Å². The summed E-state index contributed by atoms with van der Waals surface area (Å²) in [5.74, 6) is 0.741. The number of rotatable bonds is 2. The van der Waals surface area contributed by atoms with Gasteiger partial charge in [0.1, 0.15) is 5.75 Å². The van der Waals surface area contributed by atoms with Crippen molar-refractivity contribution in [3.8, 4) is 11.8 Å². The quantitative estimate of drug-likeness (QED) is 0.667. The number of hydrogen-bond donors (Lipinski definition) is 0. The zero-order chi connectivity index (χ0) is 10.6. The zero-order valence-corrected chi connectivity index (χ0v) is 8.66. The summed E-state index contributed by atoms with van der Waals surface area (Å²) in [5, 5.41) is 8.92. The van der Waals surface area contributed by atoms with E-state index < -0.39 is 0 Å². The van der Waals surface area contributed by atoms with Gasteiger partial charge in [0.05, 0.1) is 18.8 Å². The summed E-state index contributed by atoms with van der Waals surface area (Å²) < 4.78 is 5.19. The normalized spacial score (nSPS) is 10.9. The van der Waals surface area contributed by atoms with E-state index in [1.54, 1.807) is 13.2 Å². The van der Waals surface area contributed by atoms with E-state index in [4.69, 9.17) is 10.00 Å². The standard InChI is InChI=1S/C12H13NO/c1-4-10(8-13)11-7-9(2)5-6-12(11)14-3/h4-7H,1-3H3/b10-4+. The van der Waals surface area contributed by atoms with Crippen molar-refractivity contribution in [2.75, 3.05) is 7.11 Å². The second-order valence-corrected chi connectivity index (χ2v) is 3.02. The van der Waals surface area contributed by atoms with Crippen molar-refractivity contribution >= 4 is 5.57 Å². The van der Waals surface area contributed by atoms with Crippen LogP contribution >= 0.6 is 0 Å². The first-order valence-corrected chi connectivity index (χ1v) is 4.44. The van der Waals surface area contributed by atoms with Crippen molar-refractivity contribution in [2.45, 2.75) is 13.8 Å². The lowest BCUT2D eigenvalue weighted by atomic mass is 10.0. The highest BCUT2D eigenvalue weighted by atomic mass is 16.5. The van der Waals surface area contributed by atoms with Gasteiger partial charge in [-0.3, -0.25) is 0 Å². The Morgan fingerprint density at radius 1 is 1.50 bits per heavy atom. The Kier molecular flexibility index (Phi) is 3.30. The fourth-order valence-corrected chi connectivity index (χ4v) is 1.31. The zero-order valence-electron chi connectivity index (χ0n) is 8.66. The average Bonchev–Trinajstić information content (AvgIpc) is 2.20. The van der Waals surface area contributed by atoms with Crippen molar-refractivity contribution in [3.63, 3.8) is 0 Å². The predicted octanol–water partition coefficient (Wildman–Crippen LogP) is 2.93. The Morgan fingerprint density at radius 3 is 2.71 bits per heavy atom. The molecule has 0 radical (unpaired) electrons. The lowest BCUT2D eigenvalue weighted by Gasteiger charge is -2.07. The molecule has 0 saturated carbocycles. The molecule has 0 spiro atoms. The molecule has 1 aromatic carbocycles. The van der Waals surface area contributed by atoms with E-state index in [0.29, 0.717) is 5.57 Å². The summed E-state index contributed by atoms with van der Waals surface area (Å²) >= 11 is 0. The summed E-state index contributed by atoms with van der Waals surface area (Å²) in [6.45, 7) is 3.84. The minimum absolute atomic E-state index is 0.644. The molecule has 0 aliphatic heterocycles. The largest absolute Gasteiger partial charge is 0.496 e. The van der Waals surface area contributed by atoms with E-state index in [2.05, 4.69) is 6.07 Å². The van der Waals surface area contributed by atoms with Crippen LogP contribution in [0.15, 0.2) is 24.3 Å². The SMILES string of the molecule is C/C=C(\C#N)c1cc(C)ccc1OC. The molecular formula is C12H13NO. The third-order valence-electron chi connectivity index (χ3n) is 2.05. The molecule has 0 fully saturated rings. The van der Waals surface area contributed by atoms with E-state index in [1.165, 1.54) is 0 Å². The number of ether oxygens (including phenoxy) is 1. The molecule has 0 amide bonds. The first kappa shape index (κ1) is 10.3. The lowest BCUT2D eigenvalue weighted by Crippen LogP contribution is -1.91. The van der Waals surface area contributed by atoms with Crippen LogP contribution in [-0.2, 0) is 0 Å². The Bertz CT molecular complexity index is 399. The number of aryl methyl sites for hydroxylation is 1. The maximum absolute atomic E-state index is 8.92. The van der Waals surface area contributed by atoms with Gasteiger partial charge in [0.25, 0.3) is 0 Å². The van der Waals surface area contributed by atoms with Gasteiger partial charge in [0.2, 0.25) is 0 Å². The molecule has 1 rings (SSSR count). The summed E-state index contributed by atoms with van der Waals surface area (Å²) in [6.07, 6.45) is 1.79. The van der Waals surface area contributed by atoms with Crippen molar-refractivity contribution in [2.24, 2.45) is 0 Å². The molecule has 2 nitrogen and oxygen atoms in total. The van der Waals surface area contributed by atoms with Gasteiger partial charge < -0.3 is 4.74 Å². The maximum atomic E-state index is 8.92. The minimum atomic E-state index is 0.644. The fourth-order valence-electron chi connectivity index (χ4n) is 1.31. The summed E-state index contributed by atoms with van der Waals surface area (Å²) in [7, 11) is 1.61. The average molecular weight is 187 g/mol. The Balaban J connectivity index is 3.31. The molecular weight excluding hydrogens is 174 g/mol. The smallest absolute Gasteiger partial charge is 0.127 e. The van der Waals surface area contributed by atoms with E-state index in [1.807, 2.05) is 32.0 Å². The van der Waals surface area contributed by atoms with Crippen molar-refractivity contribution in [1.29, 1.82) is 5.26 Å². The van der Waals surface area contributed by atoms with Gasteiger partial charge >= 0.3 is 0 Å². The van der Waals surface area contributed by atoms with Crippen LogP contribution in [0, 0.1) is 18.3 Å². The predicted molar refractivity (Wildman–Crippen MR) is 57.0 cm³/mol. The second-order valence-electron chi connectivity index (χ2n) is 3.02. The molecule has 0 saturated heterocycles. The van der Waals surface area contributed by atoms with Crippen LogP contribution in [0.2, 0.25) is 0 Å². The Labute approximate surface area is 84.4 Å². The van der Waals surface area contributed by atoms with Gasteiger partial charge in [-0.05, 0) is 26.0 Å². The topological polar surface area (TPSA) is 33.0 Å². The molecule has 1 aromatic rings. The van der Waals surface area contributed by atoms with Crippen molar-refractivity contribution < 1.29 is 4.74 Å². The highest BCUT2D eigenvalue weighted by Gasteiger charge is 2.06. The van der Waals surface area contributed by atoms with Crippen LogP contribution in [-0.4, -0.2) is 7.11 Å². The molecule has 2 heteroatoms. The van der Waals surface area contributed by atoms with Gasteiger partial charge in [-0.2, -0.15) is 5.26 Å². The Hall–Kier alpha value is -1.75. The molecule has 0 aliphatic carbocycles. The second kappa shape index (κ2) is 4.48. The van der Waals surface area contributed by atoms with Crippen LogP contribution in [0.5, 0.6) is 5.75 Å². The number of benzene rings is 1. The molecule has 0 bridgehead atoms. The minimum Gasteiger partial charge on any atom is -0.496 e. The molecule has 72 valence electrons. The molecule has 0 atom stereocenters.